The highest BCUT2D eigenvalue weighted by molar-refractivity contribution is 7.80. The van der Waals surface area contributed by atoms with Gasteiger partial charge in [0.05, 0.1) is 11.1 Å². The molecular weight excluding hydrogens is 184 g/mol. The van der Waals surface area contributed by atoms with Crippen LogP contribution in [0.3, 0.4) is 0 Å². The molecule has 4 heteroatoms. The zero-order chi connectivity index (χ0) is 10.1. The number of aliphatic hydroxyl groups excluding tert-OH is 1. The Kier molecular flexibility index (Phi) is 3.27. The fourth-order valence-electron chi connectivity index (χ4n) is 1.79. The lowest BCUT2D eigenvalue weighted by atomic mass is 9.90. The standard InChI is InChI=1S/C9H18N2OS/c1-7(12)5-11-4-3-9(2,6-11)8(10)13/h7,12H,3-6H2,1-2H3,(H2,10,13). The number of thiocarbonyl (C=S) groups is 1. The highest BCUT2D eigenvalue weighted by Gasteiger charge is 2.36. The number of hydrogen-bond acceptors (Lipinski definition) is 3. The molecule has 0 aromatic rings. The van der Waals surface area contributed by atoms with Crippen LogP contribution < -0.4 is 5.73 Å². The summed E-state index contributed by atoms with van der Waals surface area (Å²) >= 11 is 5.02. The van der Waals surface area contributed by atoms with Crippen LogP contribution in [0.15, 0.2) is 0 Å². The highest BCUT2D eigenvalue weighted by Crippen LogP contribution is 2.29. The molecule has 3 nitrogen and oxygen atoms in total. The molecule has 1 rings (SSSR count). The fourth-order valence-corrected chi connectivity index (χ4v) is 1.95. The molecule has 2 unspecified atom stereocenters. The zero-order valence-corrected chi connectivity index (χ0v) is 9.10. The minimum atomic E-state index is -0.270. The minimum Gasteiger partial charge on any atom is -0.393 e. The molecule has 0 spiro atoms. The maximum atomic E-state index is 9.22. The molecule has 2 atom stereocenters. The van der Waals surface area contributed by atoms with Crippen LogP contribution in [-0.2, 0) is 0 Å². The first kappa shape index (κ1) is 10.9. The van der Waals surface area contributed by atoms with E-state index < -0.39 is 0 Å². The van der Waals surface area contributed by atoms with Crippen LogP contribution >= 0.6 is 12.2 Å². The highest BCUT2D eigenvalue weighted by atomic mass is 32.1. The molecule has 1 saturated heterocycles. The van der Waals surface area contributed by atoms with Crippen LogP contribution in [0.1, 0.15) is 20.3 Å². The summed E-state index contributed by atoms with van der Waals surface area (Å²) in [6.45, 7) is 6.48. The van der Waals surface area contributed by atoms with Gasteiger partial charge in [0.15, 0.2) is 0 Å². The van der Waals surface area contributed by atoms with Crippen molar-refractivity contribution in [3.05, 3.63) is 0 Å². The fraction of sp³-hybridized carbons (Fsp3) is 0.889. The average Bonchev–Trinajstić information content (AvgIpc) is 2.32. The van der Waals surface area contributed by atoms with E-state index in [1.165, 1.54) is 0 Å². The number of β-amino-alcohol motifs (C(OH)–C–C–N with tert-alkyl or cyclic N) is 1. The summed E-state index contributed by atoms with van der Waals surface area (Å²) in [5, 5.41) is 9.22. The van der Waals surface area contributed by atoms with Gasteiger partial charge in [-0.15, -0.1) is 0 Å². The van der Waals surface area contributed by atoms with Crippen molar-refractivity contribution in [1.29, 1.82) is 0 Å². The van der Waals surface area contributed by atoms with E-state index in [9.17, 15) is 5.11 Å². The Morgan fingerprint density at radius 1 is 1.77 bits per heavy atom. The van der Waals surface area contributed by atoms with Gasteiger partial charge < -0.3 is 10.8 Å². The number of aliphatic hydroxyl groups is 1. The second-order valence-electron chi connectivity index (χ2n) is 4.26. The molecule has 1 aliphatic heterocycles. The second kappa shape index (κ2) is 3.90. The average molecular weight is 202 g/mol. The normalized spacial score (nSPS) is 31.9. The number of rotatable bonds is 3. The van der Waals surface area contributed by atoms with Crippen molar-refractivity contribution in [2.24, 2.45) is 11.1 Å². The molecule has 0 saturated carbocycles. The summed E-state index contributed by atoms with van der Waals surface area (Å²) in [7, 11) is 0. The van der Waals surface area contributed by atoms with E-state index in [0.29, 0.717) is 4.99 Å². The SMILES string of the molecule is CC(O)CN1CCC(C)(C(N)=S)C1. The zero-order valence-electron chi connectivity index (χ0n) is 8.29. The summed E-state index contributed by atoms with van der Waals surface area (Å²) in [4.78, 5) is 2.81. The van der Waals surface area contributed by atoms with Crippen molar-refractivity contribution in [2.75, 3.05) is 19.6 Å². The largest absolute Gasteiger partial charge is 0.393 e. The lowest BCUT2D eigenvalue weighted by Crippen LogP contribution is -2.37. The third-order valence-corrected chi connectivity index (χ3v) is 3.16. The maximum absolute atomic E-state index is 9.22. The molecule has 3 N–H and O–H groups in total. The van der Waals surface area contributed by atoms with Gasteiger partial charge in [-0.2, -0.15) is 0 Å². The van der Waals surface area contributed by atoms with Crippen molar-refractivity contribution in [3.8, 4) is 0 Å². The molecule has 0 aromatic carbocycles. The third-order valence-electron chi connectivity index (χ3n) is 2.67. The number of nitrogens with two attached hydrogens (primary N) is 1. The van der Waals surface area contributed by atoms with Gasteiger partial charge in [0.25, 0.3) is 0 Å². The quantitative estimate of drug-likeness (QED) is 0.649. The number of hydrogen-bond donors (Lipinski definition) is 2. The van der Waals surface area contributed by atoms with E-state index in [0.717, 1.165) is 26.1 Å². The summed E-state index contributed by atoms with van der Waals surface area (Å²) < 4.78 is 0. The first-order chi connectivity index (χ1) is 5.94. The van der Waals surface area contributed by atoms with E-state index >= 15 is 0 Å². The van der Waals surface area contributed by atoms with Crippen molar-refractivity contribution in [3.63, 3.8) is 0 Å². The van der Waals surface area contributed by atoms with Gasteiger partial charge >= 0.3 is 0 Å². The van der Waals surface area contributed by atoms with Crippen molar-refractivity contribution in [1.82, 2.24) is 4.90 Å². The molecule has 13 heavy (non-hydrogen) atoms. The monoisotopic (exact) mass is 202 g/mol. The molecule has 0 aromatic heterocycles. The van der Waals surface area contributed by atoms with Gasteiger partial charge in [-0.3, -0.25) is 4.90 Å². The molecule has 1 fully saturated rings. The third kappa shape index (κ3) is 2.62. The van der Waals surface area contributed by atoms with Crippen LogP contribution in [0, 0.1) is 5.41 Å². The van der Waals surface area contributed by atoms with Gasteiger partial charge in [0, 0.05) is 18.5 Å². The van der Waals surface area contributed by atoms with Gasteiger partial charge in [-0.05, 0) is 19.9 Å². The van der Waals surface area contributed by atoms with E-state index in [-0.39, 0.29) is 11.5 Å². The minimum absolute atomic E-state index is 0.0236. The molecule has 1 aliphatic rings. The van der Waals surface area contributed by atoms with Crippen LogP contribution in [-0.4, -0.2) is 40.7 Å². The topological polar surface area (TPSA) is 49.5 Å². The molecule has 0 amide bonds. The van der Waals surface area contributed by atoms with Crippen LogP contribution in [0.25, 0.3) is 0 Å². The molecule has 1 heterocycles. The number of nitrogens with zero attached hydrogens (tertiary/aromatic N) is 1. The van der Waals surface area contributed by atoms with Gasteiger partial charge in [0.1, 0.15) is 0 Å². The Hall–Kier alpha value is -0.190. The van der Waals surface area contributed by atoms with Crippen LogP contribution in [0.4, 0.5) is 0 Å². The van der Waals surface area contributed by atoms with Crippen molar-refractivity contribution >= 4 is 17.2 Å². The summed E-state index contributed by atoms with van der Waals surface area (Å²) in [6.07, 6.45) is 0.739. The Balaban J connectivity index is 2.48. The van der Waals surface area contributed by atoms with Crippen LogP contribution in [0.2, 0.25) is 0 Å². The summed E-state index contributed by atoms with van der Waals surface area (Å²) in [6, 6.07) is 0. The summed E-state index contributed by atoms with van der Waals surface area (Å²) in [5.74, 6) is 0. The second-order valence-corrected chi connectivity index (χ2v) is 4.70. The smallest absolute Gasteiger partial charge is 0.0800 e. The van der Waals surface area contributed by atoms with Gasteiger partial charge in [-0.1, -0.05) is 19.1 Å². The Labute approximate surface area is 84.9 Å². The maximum Gasteiger partial charge on any atom is 0.0800 e. The molecule has 76 valence electrons. The van der Waals surface area contributed by atoms with E-state index in [4.69, 9.17) is 18.0 Å². The van der Waals surface area contributed by atoms with Crippen LogP contribution in [0.5, 0.6) is 0 Å². The van der Waals surface area contributed by atoms with E-state index in [1.54, 1.807) is 6.92 Å². The van der Waals surface area contributed by atoms with Crippen molar-refractivity contribution in [2.45, 2.75) is 26.4 Å². The first-order valence-corrected chi connectivity index (χ1v) is 5.05. The van der Waals surface area contributed by atoms with Gasteiger partial charge in [0.2, 0.25) is 0 Å². The lowest BCUT2D eigenvalue weighted by Gasteiger charge is -2.23. The number of likely N-dealkylation sites (tertiary alicyclic amines) is 1. The van der Waals surface area contributed by atoms with Crippen molar-refractivity contribution < 1.29 is 5.11 Å². The predicted molar refractivity (Wildman–Crippen MR) is 57.6 cm³/mol. The molecule has 0 bridgehead atoms. The van der Waals surface area contributed by atoms with E-state index in [2.05, 4.69) is 11.8 Å². The van der Waals surface area contributed by atoms with Gasteiger partial charge in [-0.25, -0.2) is 0 Å². The lowest BCUT2D eigenvalue weighted by molar-refractivity contribution is 0.137. The Morgan fingerprint density at radius 3 is 2.77 bits per heavy atom. The molecule has 0 aliphatic carbocycles. The first-order valence-electron chi connectivity index (χ1n) is 4.64. The predicted octanol–water partition coefficient (Wildman–Crippen LogP) is 0.365. The Bertz CT molecular complexity index is 208. The molecular formula is C9H18N2OS. The van der Waals surface area contributed by atoms with E-state index in [1.807, 2.05) is 0 Å². The molecule has 0 radical (unpaired) electrons. The summed E-state index contributed by atoms with van der Waals surface area (Å²) in [5.41, 5.74) is 5.64. The Morgan fingerprint density at radius 2 is 2.38 bits per heavy atom.